The minimum absolute atomic E-state index is 0.0448. The number of H-pyrrole nitrogens is 1. The van der Waals surface area contributed by atoms with E-state index in [-0.39, 0.29) is 18.0 Å². The topological polar surface area (TPSA) is 117 Å². The number of benzene rings is 1. The molecule has 136 valence electrons. The number of ketones is 1. The van der Waals surface area contributed by atoms with Gasteiger partial charge in [-0.25, -0.2) is 9.59 Å². The van der Waals surface area contributed by atoms with Gasteiger partial charge in [-0.2, -0.15) is 0 Å². The number of Topliss-reactive ketones (excluding diaryl/α,β-unsaturated/α-hetero) is 1. The van der Waals surface area contributed by atoms with Crippen LogP contribution in [-0.4, -0.2) is 34.8 Å². The normalized spacial score (nSPS) is 11.3. The summed E-state index contributed by atoms with van der Waals surface area (Å²) in [5.41, 5.74) is 1.25. The zero-order valence-corrected chi connectivity index (χ0v) is 14.4. The molecule has 0 aliphatic carbocycles. The number of hydrogen-bond donors (Lipinski definition) is 3. The summed E-state index contributed by atoms with van der Waals surface area (Å²) in [6.07, 6.45) is 0.190. The maximum Gasteiger partial charge on any atom is 0.355 e. The largest absolute Gasteiger partial charge is 0.448 e. The third-order valence-electron chi connectivity index (χ3n) is 3.50. The number of amides is 3. The SMILES string of the molecule is CC(=O)c1c[nH]c(C(=O)O[C@@H](C)C(=O)NC(=O)NCc2ccccc2)c1. The second-order valence-corrected chi connectivity index (χ2v) is 5.56. The fourth-order valence-electron chi connectivity index (χ4n) is 2.03. The van der Waals surface area contributed by atoms with Crippen LogP contribution in [0.15, 0.2) is 42.6 Å². The molecule has 2 aromatic rings. The van der Waals surface area contributed by atoms with Gasteiger partial charge in [0.25, 0.3) is 5.91 Å². The fraction of sp³-hybridized carbons (Fsp3) is 0.222. The monoisotopic (exact) mass is 357 g/mol. The van der Waals surface area contributed by atoms with Gasteiger partial charge < -0.3 is 15.0 Å². The Hall–Kier alpha value is -3.42. The molecule has 1 aromatic heterocycles. The predicted octanol–water partition coefficient (Wildman–Crippen LogP) is 1.79. The molecule has 0 radical (unpaired) electrons. The van der Waals surface area contributed by atoms with Gasteiger partial charge in [-0.3, -0.25) is 14.9 Å². The molecule has 1 atom stereocenters. The molecule has 1 heterocycles. The molecule has 8 nitrogen and oxygen atoms in total. The van der Waals surface area contributed by atoms with E-state index in [1.807, 2.05) is 30.3 Å². The van der Waals surface area contributed by atoms with Crippen molar-refractivity contribution in [2.45, 2.75) is 26.5 Å². The second-order valence-electron chi connectivity index (χ2n) is 5.56. The Bertz CT molecular complexity index is 813. The molecule has 8 heteroatoms. The van der Waals surface area contributed by atoms with Gasteiger partial charge in [0, 0.05) is 18.3 Å². The average molecular weight is 357 g/mol. The standard InChI is InChI=1S/C18H19N3O5/c1-11(22)14-8-15(19-10-14)17(24)26-12(2)16(23)21-18(25)20-9-13-6-4-3-5-7-13/h3-8,10,12,19H,9H2,1-2H3,(H2,20,21,23,25)/t12-/m0/s1. The molecule has 0 bridgehead atoms. The summed E-state index contributed by atoms with van der Waals surface area (Å²) in [5, 5.41) is 4.63. The maximum absolute atomic E-state index is 11.9. The summed E-state index contributed by atoms with van der Waals surface area (Å²) >= 11 is 0. The van der Waals surface area contributed by atoms with Crippen LogP contribution in [-0.2, 0) is 16.1 Å². The van der Waals surface area contributed by atoms with E-state index in [1.54, 1.807) is 0 Å². The third kappa shape index (κ3) is 5.30. The number of aromatic nitrogens is 1. The van der Waals surface area contributed by atoms with E-state index in [1.165, 1.54) is 26.1 Å². The van der Waals surface area contributed by atoms with E-state index in [4.69, 9.17) is 4.74 Å². The Morgan fingerprint density at radius 3 is 2.46 bits per heavy atom. The highest BCUT2D eigenvalue weighted by atomic mass is 16.5. The number of imide groups is 1. The second kappa shape index (κ2) is 8.61. The summed E-state index contributed by atoms with van der Waals surface area (Å²) in [4.78, 5) is 49.4. The number of hydrogen-bond acceptors (Lipinski definition) is 5. The zero-order chi connectivity index (χ0) is 19.1. The van der Waals surface area contributed by atoms with Gasteiger partial charge in [-0.15, -0.1) is 0 Å². The lowest BCUT2D eigenvalue weighted by Crippen LogP contribution is -2.44. The van der Waals surface area contributed by atoms with Crippen LogP contribution < -0.4 is 10.6 Å². The number of carbonyl (C=O) groups is 4. The lowest BCUT2D eigenvalue weighted by molar-refractivity contribution is -0.127. The van der Waals surface area contributed by atoms with Crippen molar-refractivity contribution in [3.05, 3.63) is 59.4 Å². The molecule has 0 spiro atoms. The number of carbonyl (C=O) groups excluding carboxylic acids is 4. The number of rotatable bonds is 6. The average Bonchev–Trinajstić information content (AvgIpc) is 3.11. The van der Waals surface area contributed by atoms with Crippen molar-refractivity contribution in [3.63, 3.8) is 0 Å². The van der Waals surface area contributed by atoms with E-state index < -0.39 is 24.0 Å². The van der Waals surface area contributed by atoms with Crippen LogP contribution in [0.4, 0.5) is 4.79 Å². The third-order valence-corrected chi connectivity index (χ3v) is 3.50. The van der Waals surface area contributed by atoms with Gasteiger partial charge in [-0.05, 0) is 25.5 Å². The van der Waals surface area contributed by atoms with Crippen LogP contribution in [0, 0.1) is 0 Å². The van der Waals surface area contributed by atoms with Crippen LogP contribution in [0.3, 0.4) is 0 Å². The molecule has 0 aliphatic rings. The summed E-state index contributed by atoms with van der Waals surface area (Å²) in [5.74, 6) is -1.77. The van der Waals surface area contributed by atoms with Crippen LogP contribution in [0.25, 0.3) is 0 Å². The molecule has 3 N–H and O–H groups in total. The number of aromatic amines is 1. The predicted molar refractivity (Wildman–Crippen MR) is 92.5 cm³/mol. The van der Waals surface area contributed by atoms with Crippen molar-refractivity contribution in [1.29, 1.82) is 0 Å². The molecule has 0 unspecified atom stereocenters. The van der Waals surface area contributed by atoms with Gasteiger partial charge in [0.05, 0.1) is 0 Å². The smallest absolute Gasteiger partial charge is 0.355 e. The number of ether oxygens (including phenoxy) is 1. The molecular formula is C18H19N3O5. The number of nitrogens with one attached hydrogen (secondary N) is 3. The van der Waals surface area contributed by atoms with Gasteiger partial charge >= 0.3 is 12.0 Å². The van der Waals surface area contributed by atoms with Gasteiger partial charge in [-0.1, -0.05) is 30.3 Å². The van der Waals surface area contributed by atoms with E-state index in [2.05, 4.69) is 15.6 Å². The Morgan fingerprint density at radius 1 is 1.15 bits per heavy atom. The molecule has 1 aromatic carbocycles. The van der Waals surface area contributed by atoms with Crippen molar-refractivity contribution in [3.8, 4) is 0 Å². The Morgan fingerprint density at radius 2 is 1.85 bits per heavy atom. The fourth-order valence-corrected chi connectivity index (χ4v) is 2.03. The maximum atomic E-state index is 11.9. The van der Waals surface area contributed by atoms with E-state index in [9.17, 15) is 19.2 Å². The van der Waals surface area contributed by atoms with Crippen LogP contribution >= 0.6 is 0 Å². The van der Waals surface area contributed by atoms with Gasteiger partial charge in [0.1, 0.15) is 5.69 Å². The van der Waals surface area contributed by atoms with Crippen molar-refractivity contribution < 1.29 is 23.9 Å². The first kappa shape index (κ1) is 18.9. The lowest BCUT2D eigenvalue weighted by atomic mass is 10.2. The van der Waals surface area contributed by atoms with Gasteiger partial charge in [0.15, 0.2) is 11.9 Å². The Kier molecular flexibility index (Phi) is 6.26. The molecule has 0 fully saturated rings. The highest BCUT2D eigenvalue weighted by Gasteiger charge is 2.22. The first-order valence-corrected chi connectivity index (χ1v) is 7.89. The summed E-state index contributed by atoms with van der Waals surface area (Å²) in [7, 11) is 0. The first-order valence-electron chi connectivity index (χ1n) is 7.89. The van der Waals surface area contributed by atoms with Crippen molar-refractivity contribution in [1.82, 2.24) is 15.6 Å². The van der Waals surface area contributed by atoms with E-state index >= 15 is 0 Å². The summed E-state index contributed by atoms with van der Waals surface area (Å²) in [6, 6.07) is 9.82. The van der Waals surface area contributed by atoms with Crippen LogP contribution in [0.2, 0.25) is 0 Å². The molecule has 26 heavy (non-hydrogen) atoms. The molecule has 2 rings (SSSR count). The minimum Gasteiger partial charge on any atom is -0.448 e. The lowest BCUT2D eigenvalue weighted by Gasteiger charge is -2.13. The van der Waals surface area contributed by atoms with Crippen LogP contribution in [0.5, 0.6) is 0 Å². The molecule has 0 aliphatic heterocycles. The Labute approximate surface area is 149 Å². The number of esters is 1. The highest BCUT2D eigenvalue weighted by molar-refractivity contribution is 5.99. The molecule has 0 saturated heterocycles. The Balaban J connectivity index is 1.81. The number of urea groups is 1. The summed E-state index contributed by atoms with van der Waals surface area (Å²) < 4.78 is 4.98. The van der Waals surface area contributed by atoms with E-state index in [0.717, 1.165) is 5.56 Å². The van der Waals surface area contributed by atoms with Crippen molar-refractivity contribution in [2.24, 2.45) is 0 Å². The van der Waals surface area contributed by atoms with Crippen molar-refractivity contribution >= 4 is 23.7 Å². The van der Waals surface area contributed by atoms with Crippen molar-refractivity contribution in [2.75, 3.05) is 0 Å². The highest BCUT2D eigenvalue weighted by Crippen LogP contribution is 2.07. The molecule has 0 saturated carbocycles. The zero-order valence-electron chi connectivity index (χ0n) is 14.4. The quantitative estimate of drug-likeness (QED) is 0.538. The molecule has 3 amide bonds. The van der Waals surface area contributed by atoms with Crippen LogP contribution in [0.1, 0.15) is 40.3 Å². The molecular weight excluding hydrogens is 338 g/mol. The summed E-state index contributed by atoms with van der Waals surface area (Å²) in [6.45, 7) is 2.96. The van der Waals surface area contributed by atoms with Gasteiger partial charge in [0.2, 0.25) is 0 Å². The van der Waals surface area contributed by atoms with E-state index in [0.29, 0.717) is 5.56 Å². The first-order chi connectivity index (χ1) is 12.4. The minimum atomic E-state index is -1.19.